The smallest absolute Gasteiger partial charge is 0.243 e. The Morgan fingerprint density at radius 1 is 1.33 bits per heavy atom. The first-order chi connectivity index (χ1) is 8.61. The zero-order valence-electron chi connectivity index (χ0n) is 9.03. The molecule has 0 aliphatic heterocycles. The van der Waals surface area contributed by atoms with E-state index in [1.54, 1.807) is 6.07 Å². The molecule has 94 valence electrons. The normalized spacial score (nSPS) is 10.4. The second-order valence-electron chi connectivity index (χ2n) is 3.37. The lowest BCUT2D eigenvalue weighted by Crippen LogP contribution is -2.03. The van der Waals surface area contributed by atoms with Gasteiger partial charge in [0.15, 0.2) is 11.6 Å². The summed E-state index contributed by atoms with van der Waals surface area (Å²) in [5, 5.41) is 7.29. The molecule has 2 aromatic rings. The van der Waals surface area contributed by atoms with E-state index in [1.807, 2.05) is 0 Å². The second-order valence-corrected chi connectivity index (χ2v) is 4.28. The number of nitrogens with zero attached hydrogens (tertiary/aromatic N) is 2. The van der Waals surface area contributed by atoms with Crippen molar-refractivity contribution >= 4 is 15.9 Å². The summed E-state index contributed by atoms with van der Waals surface area (Å²) >= 11 is 3.05. The summed E-state index contributed by atoms with van der Waals surface area (Å²) in [5.41, 5.74) is 6.02. The van der Waals surface area contributed by atoms with E-state index in [-0.39, 0.29) is 18.2 Å². The van der Waals surface area contributed by atoms with Crippen LogP contribution in [0.1, 0.15) is 5.56 Å². The molecule has 18 heavy (non-hydrogen) atoms. The number of aromatic nitrogens is 2. The monoisotopic (exact) mass is 315 g/mol. The van der Waals surface area contributed by atoms with Crippen molar-refractivity contribution in [3.8, 4) is 11.6 Å². The highest BCUT2D eigenvalue weighted by Crippen LogP contribution is 2.29. The van der Waals surface area contributed by atoms with E-state index in [0.717, 1.165) is 6.07 Å². The van der Waals surface area contributed by atoms with E-state index in [4.69, 9.17) is 10.5 Å². The number of rotatable bonds is 3. The van der Waals surface area contributed by atoms with Crippen LogP contribution in [0.15, 0.2) is 28.9 Å². The van der Waals surface area contributed by atoms with Crippen molar-refractivity contribution in [3.05, 3.63) is 46.1 Å². The molecule has 0 bridgehead atoms. The van der Waals surface area contributed by atoms with Crippen molar-refractivity contribution < 1.29 is 13.5 Å². The first-order valence-electron chi connectivity index (χ1n) is 4.95. The van der Waals surface area contributed by atoms with Crippen LogP contribution >= 0.6 is 15.9 Å². The maximum Gasteiger partial charge on any atom is 0.243 e. The number of hydrogen-bond acceptors (Lipinski definition) is 4. The van der Waals surface area contributed by atoms with Crippen molar-refractivity contribution in [1.29, 1.82) is 0 Å². The van der Waals surface area contributed by atoms with Crippen LogP contribution in [0.3, 0.4) is 0 Å². The van der Waals surface area contributed by atoms with Gasteiger partial charge in [0.2, 0.25) is 11.7 Å². The number of halogens is 3. The predicted molar refractivity (Wildman–Crippen MR) is 64.1 cm³/mol. The molecule has 2 rings (SSSR count). The Kier molecular flexibility index (Phi) is 3.83. The third-order valence-corrected chi connectivity index (χ3v) is 2.61. The van der Waals surface area contributed by atoms with Gasteiger partial charge in [-0.1, -0.05) is 15.9 Å². The minimum atomic E-state index is -1.09. The molecule has 0 radical (unpaired) electrons. The largest absolute Gasteiger partial charge is 0.434 e. The summed E-state index contributed by atoms with van der Waals surface area (Å²) in [6.07, 6.45) is 1.44. The van der Waals surface area contributed by atoms with E-state index >= 15 is 0 Å². The average Bonchev–Trinajstić information content (AvgIpc) is 2.36. The summed E-state index contributed by atoms with van der Waals surface area (Å²) in [4.78, 5) is 0. The van der Waals surface area contributed by atoms with Crippen molar-refractivity contribution in [2.45, 2.75) is 6.54 Å². The van der Waals surface area contributed by atoms with E-state index in [1.165, 1.54) is 12.3 Å². The van der Waals surface area contributed by atoms with Crippen molar-refractivity contribution in [1.82, 2.24) is 10.2 Å². The molecule has 4 nitrogen and oxygen atoms in total. The highest BCUT2D eigenvalue weighted by Gasteiger charge is 2.14. The Morgan fingerprint density at radius 2 is 2.11 bits per heavy atom. The lowest BCUT2D eigenvalue weighted by Gasteiger charge is -2.09. The molecule has 0 unspecified atom stereocenters. The molecule has 2 N–H and O–H groups in total. The maximum absolute atomic E-state index is 13.5. The highest BCUT2D eigenvalue weighted by atomic mass is 79.9. The molecule has 0 spiro atoms. The quantitative estimate of drug-likeness (QED) is 0.885. The lowest BCUT2D eigenvalue weighted by atomic mass is 10.3. The van der Waals surface area contributed by atoms with Crippen molar-refractivity contribution in [2.24, 2.45) is 5.73 Å². The molecule has 0 aliphatic carbocycles. The van der Waals surface area contributed by atoms with Crippen LogP contribution < -0.4 is 10.5 Å². The first-order valence-corrected chi connectivity index (χ1v) is 5.74. The molecule has 0 saturated heterocycles. The van der Waals surface area contributed by atoms with Crippen LogP contribution in [-0.4, -0.2) is 10.2 Å². The number of nitrogens with two attached hydrogens (primary N) is 1. The topological polar surface area (TPSA) is 61.0 Å². The predicted octanol–water partition coefficient (Wildman–Crippen LogP) is 2.77. The van der Waals surface area contributed by atoms with Crippen LogP contribution in [0.5, 0.6) is 11.6 Å². The Morgan fingerprint density at radius 3 is 2.83 bits per heavy atom. The number of ether oxygens (including phenoxy) is 1. The van der Waals surface area contributed by atoms with Gasteiger partial charge in [-0.05, 0) is 18.2 Å². The van der Waals surface area contributed by atoms with Gasteiger partial charge in [0.25, 0.3) is 0 Å². The Bertz CT molecular complexity index is 580. The van der Waals surface area contributed by atoms with E-state index in [0.29, 0.717) is 10.0 Å². The highest BCUT2D eigenvalue weighted by molar-refractivity contribution is 9.10. The molecule has 1 aromatic carbocycles. The lowest BCUT2D eigenvalue weighted by molar-refractivity contribution is 0.397. The van der Waals surface area contributed by atoms with Gasteiger partial charge in [-0.3, -0.25) is 0 Å². The molecular formula is C11H8BrF2N3O. The molecule has 0 amide bonds. The third-order valence-electron chi connectivity index (χ3n) is 2.15. The van der Waals surface area contributed by atoms with Crippen molar-refractivity contribution in [3.63, 3.8) is 0 Å². The zero-order valence-corrected chi connectivity index (χ0v) is 10.6. The molecular weight excluding hydrogens is 308 g/mol. The van der Waals surface area contributed by atoms with Crippen molar-refractivity contribution in [2.75, 3.05) is 0 Å². The van der Waals surface area contributed by atoms with Crippen LogP contribution in [0.2, 0.25) is 0 Å². The van der Waals surface area contributed by atoms with Gasteiger partial charge in [0.1, 0.15) is 0 Å². The summed E-state index contributed by atoms with van der Waals surface area (Å²) < 4.78 is 32.2. The summed E-state index contributed by atoms with van der Waals surface area (Å²) in [7, 11) is 0. The molecule has 0 fully saturated rings. The molecule has 0 atom stereocenters. The maximum atomic E-state index is 13.5. The number of benzene rings is 1. The molecule has 1 aromatic heterocycles. The van der Waals surface area contributed by atoms with Gasteiger partial charge in [-0.2, -0.15) is 9.49 Å². The average molecular weight is 316 g/mol. The summed E-state index contributed by atoms with van der Waals surface area (Å²) in [6.45, 7) is 0.156. The minimum Gasteiger partial charge on any atom is -0.434 e. The van der Waals surface area contributed by atoms with E-state index in [2.05, 4.69) is 26.1 Å². The standard InChI is InChI=1S/C11H8BrF2N3O/c12-7-3-8(13)10(14)9(4-7)18-11-6(5-15)1-2-16-17-11/h1-4H,5,15H2. The Labute approximate surface area is 110 Å². The SMILES string of the molecule is NCc1ccnnc1Oc1cc(Br)cc(F)c1F. The molecule has 7 heteroatoms. The summed E-state index contributed by atoms with van der Waals surface area (Å²) in [5.74, 6) is -2.34. The molecule has 0 aliphatic rings. The second kappa shape index (κ2) is 5.36. The molecule has 0 saturated carbocycles. The van der Waals surface area contributed by atoms with Crippen LogP contribution in [0.4, 0.5) is 8.78 Å². The zero-order chi connectivity index (χ0) is 13.1. The van der Waals surface area contributed by atoms with E-state index in [9.17, 15) is 8.78 Å². The fraction of sp³-hybridized carbons (Fsp3) is 0.0909. The van der Waals surface area contributed by atoms with Gasteiger partial charge < -0.3 is 10.5 Å². The third kappa shape index (κ3) is 2.62. The Balaban J connectivity index is 2.40. The van der Waals surface area contributed by atoms with Gasteiger partial charge in [0, 0.05) is 16.6 Å². The molecule has 1 heterocycles. The van der Waals surface area contributed by atoms with Gasteiger partial charge in [-0.15, -0.1) is 5.10 Å². The van der Waals surface area contributed by atoms with Crippen LogP contribution in [0, 0.1) is 11.6 Å². The number of hydrogen-bond donors (Lipinski definition) is 1. The van der Waals surface area contributed by atoms with Gasteiger partial charge in [0.05, 0.1) is 6.20 Å². The van der Waals surface area contributed by atoms with Gasteiger partial charge >= 0.3 is 0 Å². The van der Waals surface area contributed by atoms with Gasteiger partial charge in [-0.25, -0.2) is 4.39 Å². The Hall–Kier alpha value is -1.60. The fourth-order valence-corrected chi connectivity index (χ4v) is 1.71. The minimum absolute atomic E-state index is 0.0522. The van der Waals surface area contributed by atoms with Crippen LogP contribution in [0.25, 0.3) is 0 Å². The van der Waals surface area contributed by atoms with E-state index < -0.39 is 11.6 Å². The first kappa shape index (κ1) is 12.8. The van der Waals surface area contributed by atoms with Crippen LogP contribution in [-0.2, 0) is 6.54 Å². The summed E-state index contributed by atoms with van der Waals surface area (Å²) in [6, 6.07) is 3.89. The fourth-order valence-electron chi connectivity index (χ4n) is 1.30.